The summed E-state index contributed by atoms with van der Waals surface area (Å²) in [6.45, 7) is 3.90. The number of thiophene rings is 1. The average molecular weight is 406 g/mol. The van der Waals surface area contributed by atoms with Crippen LogP contribution in [0.3, 0.4) is 0 Å². The van der Waals surface area contributed by atoms with Gasteiger partial charge in [-0.15, -0.1) is 11.3 Å². The number of likely N-dealkylation sites (N-methyl/N-ethyl adjacent to an activating group) is 1. The van der Waals surface area contributed by atoms with Crippen molar-refractivity contribution in [2.24, 2.45) is 11.8 Å². The van der Waals surface area contributed by atoms with Crippen LogP contribution >= 0.6 is 11.3 Å². The number of nitrogens with one attached hydrogen (secondary N) is 3. The lowest BCUT2D eigenvalue weighted by Gasteiger charge is -2.22. The largest absolute Gasteiger partial charge is 0.357 e. The van der Waals surface area contributed by atoms with Gasteiger partial charge in [0.05, 0.1) is 0 Å². The van der Waals surface area contributed by atoms with Crippen LogP contribution in [-0.2, 0) is 20.8 Å². The van der Waals surface area contributed by atoms with Crippen LogP contribution in [0.2, 0.25) is 0 Å². The molecule has 2 rings (SSSR count). The molecule has 0 saturated carbocycles. The Labute approximate surface area is 168 Å². The molecule has 0 spiro atoms. The Kier molecular flexibility index (Phi) is 7.95. The molecule has 0 saturated heterocycles. The van der Waals surface area contributed by atoms with E-state index in [0.29, 0.717) is 12.8 Å². The fourth-order valence-corrected chi connectivity index (χ4v) is 4.18. The molecule has 2 atom stereocenters. The third-order valence-electron chi connectivity index (χ3n) is 4.55. The second kappa shape index (κ2) is 10.2. The smallest absolute Gasteiger partial charge is 0.244 e. The van der Waals surface area contributed by atoms with Crippen molar-refractivity contribution in [3.05, 3.63) is 35.2 Å². The molecule has 0 aliphatic rings. The summed E-state index contributed by atoms with van der Waals surface area (Å²) >= 11 is 1.60. The lowest BCUT2D eigenvalue weighted by atomic mass is 9.92. The number of fused-ring (bicyclic) bond motifs is 1. The van der Waals surface area contributed by atoms with Gasteiger partial charge in [-0.05, 0) is 34.7 Å². The van der Waals surface area contributed by atoms with Crippen LogP contribution in [0.25, 0.3) is 10.1 Å². The minimum Gasteiger partial charge on any atom is -0.357 e. The molecule has 4 N–H and O–H groups in total. The van der Waals surface area contributed by atoms with Gasteiger partial charge in [0.25, 0.3) is 0 Å². The number of rotatable bonds is 9. The number of hydrogen-bond acceptors (Lipinski definition) is 5. The van der Waals surface area contributed by atoms with E-state index >= 15 is 0 Å². The fourth-order valence-electron chi connectivity index (χ4n) is 3.21. The number of amides is 3. The predicted molar refractivity (Wildman–Crippen MR) is 109 cm³/mol. The van der Waals surface area contributed by atoms with Crippen LogP contribution in [0.1, 0.15) is 32.3 Å². The lowest BCUT2D eigenvalue weighted by Crippen LogP contribution is -2.49. The van der Waals surface area contributed by atoms with E-state index in [-0.39, 0.29) is 24.2 Å². The molecule has 3 amide bonds. The molecule has 0 unspecified atom stereocenters. The molecule has 0 aliphatic heterocycles. The molecular formula is C20H27N3O4S. The molecule has 1 aromatic carbocycles. The van der Waals surface area contributed by atoms with Crippen LogP contribution in [0.15, 0.2) is 29.6 Å². The first-order valence-corrected chi connectivity index (χ1v) is 10.1. The Hall–Kier alpha value is -2.45. The summed E-state index contributed by atoms with van der Waals surface area (Å²) < 4.78 is 1.12. The number of carbonyl (C=O) groups excluding carboxylic acids is 3. The van der Waals surface area contributed by atoms with E-state index in [2.05, 4.69) is 10.6 Å². The maximum atomic E-state index is 12.8. The van der Waals surface area contributed by atoms with E-state index in [9.17, 15) is 14.4 Å². The van der Waals surface area contributed by atoms with Crippen LogP contribution in [0, 0.1) is 11.8 Å². The van der Waals surface area contributed by atoms with Gasteiger partial charge in [0.15, 0.2) is 0 Å². The molecule has 0 bridgehead atoms. The van der Waals surface area contributed by atoms with Gasteiger partial charge in [0, 0.05) is 30.5 Å². The Morgan fingerprint density at radius 2 is 1.86 bits per heavy atom. The maximum absolute atomic E-state index is 12.8. The SMILES string of the molecule is CNC(=O)[C@@H](Cc1csc2ccccc12)NC(=O)[C@H](CC(=O)NO)CC(C)C. The van der Waals surface area contributed by atoms with Crippen molar-refractivity contribution in [2.75, 3.05) is 7.05 Å². The van der Waals surface area contributed by atoms with Crippen molar-refractivity contribution in [3.63, 3.8) is 0 Å². The van der Waals surface area contributed by atoms with Crippen molar-refractivity contribution in [1.82, 2.24) is 16.1 Å². The molecule has 2 aromatic rings. The van der Waals surface area contributed by atoms with Crippen molar-refractivity contribution < 1.29 is 19.6 Å². The van der Waals surface area contributed by atoms with Crippen LogP contribution in [-0.4, -0.2) is 36.0 Å². The second-order valence-electron chi connectivity index (χ2n) is 7.20. The van der Waals surface area contributed by atoms with E-state index in [1.165, 1.54) is 7.05 Å². The zero-order chi connectivity index (χ0) is 20.7. The monoisotopic (exact) mass is 405 g/mol. The minimum absolute atomic E-state index is 0.137. The Morgan fingerprint density at radius 1 is 1.14 bits per heavy atom. The third kappa shape index (κ3) is 5.77. The molecule has 0 radical (unpaired) electrons. The highest BCUT2D eigenvalue weighted by atomic mass is 32.1. The Balaban J connectivity index is 2.18. The van der Waals surface area contributed by atoms with Crippen molar-refractivity contribution >= 4 is 39.1 Å². The van der Waals surface area contributed by atoms with Gasteiger partial charge < -0.3 is 10.6 Å². The molecule has 0 aliphatic carbocycles. The molecule has 7 nitrogen and oxygen atoms in total. The summed E-state index contributed by atoms with van der Waals surface area (Å²) in [6, 6.07) is 7.17. The van der Waals surface area contributed by atoms with Gasteiger partial charge in [0.1, 0.15) is 6.04 Å². The number of carbonyl (C=O) groups is 3. The maximum Gasteiger partial charge on any atom is 0.244 e. The normalized spacial score (nSPS) is 13.2. The van der Waals surface area contributed by atoms with E-state index < -0.39 is 17.9 Å². The zero-order valence-corrected chi connectivity index (χ0v) is 17.1. The molecule has 1 aromatic heterocycles. The van der Waals surface area contributed by atoms with Gasteiger partial charge in [-0.3, -0.25) is 19.6 Å². The molecule has 0 fully saturated rings. The van der Waals surface area contributed by atoms with Crippen molar-refractivity contribution in [1.29, 1.82) is 0 Å². The highest BCUT2D eigenvalue weighted by Gasteiger charge is 2.28. The van der Waals surface area contributed by atoms with Gasteiger partial charge in [-0.1, -0.05) is 32.0 Å². The highest BCUT2D eigenvalue weighted by Crippen LogP contribution is 2.27. The first-order chi connectivity index (χ1) is 13.3. The molecule has 1 heterocycles. The van der Waals surface area contributed by atoms with Gasteiger partial charge in [-0.25, -0.2) is 5.48 Å². The minimum atomic E-state index is -0.748. The first-order valence-electron chi connectivity index (χ1n) is 9.25. The van der Waals surface area contributed by atoms with E-state index in [1.54, 1.807) is 16.8 Å². The summed E-state index contributed by atoms with van der Waals surface area (Å²) in [4.78, 5) is 36.8. The Morgan fingerprint density at radius 3 is 2.50 bits per heavy atom. The summed E-state index contributed by atoms with van der Waals surface area (Å²) in [5.74, 6) is -1.73. The predicted octanol–water partition coefficient (Wildman–Crippen LogP) is 2.23. The van der Waals surface area contributed by atoms with E-state index in [1.807, 2.05) is 43.5 Å². The second-order valence-corrected chi connectivity index (χ2v) is 8.11. The van der Waals surface area contributed by atoms with Crippen molar-refractivity contribution in [3.8, 4) is 0 Å². The summed E-state index contributed by atoms with van der Waals surface area (Å²) in [5, 5.41) is 17.2. The zero-order valence-electron chi connectivity index (χ0n) is 16.3. The molecular weight excluding hydrogens is 378 g/mol. The highest BCUT2D eigenvalue weighted by molar-refractivity contribution is 7.17. The quantitative estimate of drug-likeness (QED) is 0.379. The number of hydrogen-bond donors (Lipinski definition) is 4. The number of benzene rings is 1. The van der Waals surface area contributed by atoms with Gasteiger partial charge in [-0.2, -0.15) is 0 Å². The first kappa shape index (κ1) is 21.8. The fraction of sp³-hybridized carbons (Fsp3) is 0.450. The summed E-state index contributed by atoms with van der Waals surface area (Å²) in [6.07, 6.45) is 0.694. The number of hydroxylamine groups is 1. The lowest BCUT2D eigenvalue weighted by molar-refractivity contribution is -0.136. The van der Waals surface area contributed by atoms with Crippen molar-refractivity contribution in [2.45, 2.75) is 39.2 Å². The van der Waals surface area contributed by atoms with Gasteiger partial charge >= 0.3 is 0 Å². The van der Waals surface area contributed by atoms with E-state index in [4.69, 9.17) is 5.21 Å². The standard InChI is InChI=1S/C20H27N3O4S/c1-12(2)8-13(10-18(24)23-27)19(25)22-16(20(26)21-3)9-14-11-28-17-7-5-4-6-15(14)17/h4-7,11-13,16,27H,8-10H2,1-3H3,(H,21,26)(H,22,25)(H,23,24)/t13-,16+/m0/s1. The average Bonchev–Trinajstić information content (AvgIpc) is 3.08. The summed E-state index contributed by atoms with van der Waals surface area (Å²) in [7, 11) is 1.53. The third-order valence-corrected chi connectivity index (χ3v) is 5.56. The Bertz CT molecular complexity index is 834. The van der Waals surface area contributed by atoms with Crippen LogP contribution < -0.4 is 16.1 Å². The molecule has 28 heavy (non-hydrogen) atoms. The van der Waals surface area contributed by atoms with Crippen LogP contribution in [0.4, 0.5) is 0 Å². The topological polar surface area (TPSA) is 108 Å². The van der Waals surface area contributed by atoms with Crippen LogP contribution in [0.5, 0.6) is 0 Å². The van der Waals surface area contributed by atoms with E-state index in [0.717, 1.165) is 15.6 Å². The molecule has 8 heteroatoms. The molecule has 152 valence electrons. The van der Waals surface area contributed by atoms with Gasteiger partial charge in [0.2, 0.25) is 17.7 Å². The summed E-state index contributed by atoms with van der Waals surface area (Å²) in [5.41, 5.74) is 2.56.